The van der Waals surface area contributed by atoms with Crippen LogP contribution in [0, 0.1) is 3.57 Å². The van der Waals surface area contributed by atoms with Crippen LogP contribution in [-0.4, -0.2) is 19.0 Å². The number of carbonyl (C=O) groups is 2. The van der Waals surface area contributed by atoms with E-state index in [9.17, 15) is 9.59 Å². The van der Waals surface area contributed by atoms with E-state index in [1.165, 1.54) is 7.11 Å². The second-order valence-corrected chi connectivity index (χ2v) is 5.56. The maximum atomic E-state index is 12.3. The molecule has 112 valence electrons. The van der Waals surface area contributed by atoms with Crippen LogP contribution >= 0.6 is 22.6 Å². The molecular formula is C17H14INO3. The molecule has 2 aromatic carbocycles. The van der Waals surface area contributed by atoms with Crippen LogP contribution in [0.3, 0.4) is 0 Å². The van der Waals surface area contributed by atoms with Gasteiger partial charge < -0.3 is 10.1 Å². The van der Waals surface area contributed by atoms with E-state index < -0.39 is 5.97 Å². The van der Waals surface area contributed by atoms with E-state index in [-0.39, 0.29) is 11.6 Å². The number of ether oxygens (including phenoxy) is 1. The zero-order chi connectivity index (χ0) is 15.9. The number of halogens is 1. The predicted octanol–water partition coefficient (Wildman–Crippen LogP) is 3.24. The number of nitrogens with one attached hydrogen (secondary N) is 1. The van der Waals surface area contributed by atoms with E-state index in [1.54, 1.807) is 18.2 Å². The van der Waals surface area contributed by atoms with Gasteiger partial charge in [-0.1, -0.05) is 42.5 Å². The quantitative estimate of drug-likeness (QED) is 0.481. The summed E-state index contributed by atoms with van der Waals surface area (Å²) in [7, 11) is 1.28. The summed E-state index contributed by atoms with van der Waals surface area (Å²) in [4.78, 5) is 24.2. The summed E-state index contributed by atoms with van der Waals surface area (Å²) < 4.78 is 5.53. The van der Waals surface area contributed by atoms with Gasteiger partial charge in [0, 0.05) is 3.57 Å². The number of amides is 1. The molecule has 0 saturated heterocycles. The molecule has 0 heterocycles. The van der Waals surface area contributed by atoms with Gasteiger partial charge in [-0.15, -0.1) is 0 Å². The van der Waals surface area contributed by atoms with Crippen LogP contribution in [0.25, 0.3) is 6.08 Å². The van der Waals surface area contributed by atoms with Gasteiger partial charge in [-0.25, -0.2) is 4.79 Å². The summed E-state index contributed by atoms with van der Waals surface area (Å²) in [5.74, 6) is -0.944. The lowest BCUT2D eigenvalue weighted by molar-refractivity contribution is -0.136. The van der Waals surface area contributed by atoms with Crippen molar-refractivity contribution in [2.24, 2.45) is 0 Å². The fraction of sp³-hybridized carbons (Fsp3) is 0.0588. The summed E-state index contributed by atoms with van der Waals surface area (Å²) in [6, 6.07) is 16.4. The molecule has 0 saturated carbocycles. The lowest BCUT2D eigenvalue weighted by Gasteiger charge is -2.09. The molecule has 1 amide bonds. The molecule has 2 rings (SSSR count). The Hall–Kier alpha value is -2.15. The molecule has 0 spiro atoms. The van der Waals surface area contributed by atoms with Gasteiger partial charge in [0.25, 0.3) is 5.91 Å². The van der Waals surface area contributed by atoms with Gasteiger partial charge in [0.2, 0.25) is 0 Å². The van der Waals surface area contributed by atoms with E-state index in [2.05, 4.69) is 27.9 Å². The van der Waals surface area contributed by atoms with Crippen LogP contribution in [0.1, 0.15) is 15.9 Å². The van der Waals surface area contributed by atoms with E-state index in [0.717, 1.165) is 9.13 Å². The molecule has 0 aliphatic carbocycles. The molecular weight excluding hydrogens is 393 g/mol. The van der Waals surface area contributed by atoms with Gasteiger partial charge in [-0.2, -0.15) is 0 Å². The van der Waals surface area contributed by atoms with Crippen LogP contribution in [0.4, 0.5) is 0 Å². The van der Waals surface area contributed by atoms with Crippen LogP contribution in [0.2, 0.25) is 0 Å². The van der Waals surface area contributed by atoms with Gasteiger partial charge in [-0.05, 0) is 46.4 Å². The van der Waals surface area contributed by atoms with Crippen molar-refractivity contribution in [3.05, 3.63) is 75.0 Å². The van der Waals surface area contributed by atoms with E-state index in [0.29, 0.717) is 5.56 Å². The average molecular weight is 407 g/mol. The highest BCUT2D eigenvalue weighted by Crippen LogP contribution is 2.13. The van der Waals surface area contributed by atoms with Crippen molar-refractivity contribution in [1.29, 1.82) is 0 Å². The molecule has 0 bridgehead atoms. The minimum atomic E-state index is -0.594. The smallest absolute Gasteiger partial charge is 0.354 e. The Kier molecular flexibility index (Phi) is 5.71. The third kappa shape index (κ3) is 4.17. The van der Waals surface area contributed by atoms with Crippen LogP contribution in [-0.2, 0) is 9.53 Å². The molecule has 0 unspecified atom stereocenters. The third-order valence-corrected chi connectivity index (χ3v) is 3.82. The second kappa shape index (κ2) is 7.74. The maximum absolute atomic E-state index is 12.3. The van der Waals surface area contributed by atoms with Crippen LogP contribution in [0.5, 0.6) is 0 Å². The number of hydrogen-bond donors (Lipinski definition) is 1. The van der Waals surface area contributed by atoms with Gasteiger partial charge in [0.1, 0.15) is 5.70 Å². The first-order valence-electron chi connectivity index (χ1n) is 6.52. The van der Waals surface area contributed by atoms with Crippen molar-refractivity contribution in [2.45, 2.75) is 0 Å². The molecule has 5 heteroatoms. The van der Waals surface area contributed by atoms with Crippen molar-refractivity contribution in [1.82, 2.24) is 5.32 Å². The molecule has 0 aromatic heterocycles. The largest absolute Gasteiger partial charge is 0.464 e. The number of benzene rings is 2. The average Bonchev–Trinajstić information content (AvgIpc) is 2.54. The third-order valence-electron chi connectivity index (χ3n) is 2.88. The Morgan fingerprint density at radius 2 is 1.68 bits per heavy atom. The van der Waals surface area contributed by atoms with Crippen molar-refractivity contribution in [3.8, 4) is 0 Å². The molecule has 0 aliphatic heterocycles. The summed E-state index contributed by atoms with van der Waals surface area (Å²) >= 11 is 2.08. The Balaban J connectivity index is 2.28. The van der Waals surface area contributed by atoms with Crippen LogP contribution in [0.15, 0.2) is 60.3 Å². The second-order valence-electron chi connectivity index (χ2n) is 4.39. The number of esters is 1. The molecule has 22 heavy (non-hydrogen) atoms. The van der Waals surface area contributed by atoms with Crippen molar-refractivity contribution in [2.75, 3.05) is 7.11 Å². The highest BCUT2D eigenvalue weighted by atomic mass is 127. The van der Waals surface area contributed by atoms with Gasteiger partial charge in [0.15, 0.2) is 0 Å². The predicted molar refractivity (Wildman–Crippen MR) is 93.1 cm³/mol. The molecule has 2 aromatic rings. The first-order chi connectivity index (χ1) is 10.6. The first-order valence-corrected chi connectivity index (χ1v) is 7.60. The fourth-order valence-corrected chi connectivity index (χ4v) is 2.44. The highest BCUT2D eigenvalue weighted by Gasteiger charge is 2.16. The SMILES string of the molecule is COC(=O)C(=Cc1ccccc1)NC(=O)c1ccccc1I. The topological polar surface area (TPSA) is 55.4 Å². The van der Waals surface area contributed by atoms with Gasteiger partial charge in [0.05, 0.1) is 12.7 Å². The first kappa shape index (κ1) is 16.2. The minimum Gasteiger partial charge on any atom is -0.464 e. The standard InChI is InChI=1S/C17H14INO3/c1-22-17(21)15(11-12-7-3-2-4-8-12)19-16(20)13-9-5-6-10-14(13)18/h2-11H,1H3,(H,19,20). The van der Waals surface area contributed by atoms with E-state index >= 15 is 0 Å². The molecule has 0 fully saturated rings. The number of hydrogen-bond acceptors (Lipinski definition) is 3. The lowest BCUT2D eigenvalue weighted by atomic mass is 10.1. The Morgan fingerprint density at radius 3 is 2.32 bits per heavy atom. The molecule has 0 radical (unpaired) electrons. The van der Waals surface area contributed by atoms with Crippen LogP contribution < -0.4 is 5.32 Å². The zero-order valence-corrected chi connectivity index (χ0v) is 14.0. The zero-order valence-electron chi connectivity index (χ0n) is 11.9. The summed E-state index contributed by atoms with van der Waals surface area (Å²) in [6.07, 6.45) is 1.58. The van der Waals surface area contributed by atoms with Crippen molar-refractivity contribution >= 4 is 40.5 Å². The molecule has 0 aliphatic rings. The Morgan fingerprint density at radius 1 is 1.05 bits per heavy atom. The summed E-state index contributed by atoms with van der Waals surface area (Å²) in [5.41, 5.74) is 1.40. The monoisotopic (exact) mass is 407 g/mol. The molecule has 0 atom stereocenters. The van der Waals surface area contributed by atoms with E-state index in [4.69, 9.17) is 4.74 Å². The number of carbonyl (C=O) groups excluding carboxylic acids is 2. The number of methoxy groups -OCH3 is 1. The summed E-state index contributed by atoms with van der Waals surface area (Å²) in [6.45, 7) is 0. The Bertz CT molecular complexity index is 711. The lowest BCUT2D eigenvalue weighted by Crippen LogP contribution is -2.28. The normalized spacial score (nSPS) is 10.9. The number of rotatable bonds is 4. The van der Waals surface area contributed by atoms with Gasteiger partial charge >= 0.3 is 5.97 Å². The fourth-order valence-electron chi connectivity index (χ4n) is 1.81. The molecule has 1 N–H and O–H groups in total. The van der Waals surface area contributed by atoms with Crippen molar-refractivity contribution in [3.63, 3.8) is 0 Å². The summed E-state index contributed by atoms with van der Waals surface area (Å²) in [5, 5.41) is 2.62. The van der Waals surface area contributed by atoms with E-state index in [1.807, 2.05) is 42.5 Å². The highest BCUT2D eigenvalue weighted by molar-refractivity contribution is 14.1. The van der Waals surface area contributed by atoms with Gasteiger partial charge in [-0.3, -0.25) is 4.79 Å². The Labute approximate surface area is 142 Å². The molecule has 4 nitrogen and oxygen atoms in total. The maximum Gasteiger partial charge on any atom is 0.354 e. The van der Waals surface area contributed by atoms with Crippen molar-refractivity contribution < 1.29 is 14.3 Å². The minimum absolute atomic E-state index is 0.0957.